The highest BCUT2D eigenvalue weighted by molar-refractivity contribution is 7.98. The highest BCUT2D eigenvalue weighted by Gasteiger charge is 2.44. The first-order valence-electron chi connectivity index (χ1n) is 8.22. The minimum atomic E-state index is -1.23. The van der Waals surface area contributed by atoms with Gasteiger partial charge in [-0.3, -0.25) is 9.55 Å². The molecule has 0 radical (unpaired) electrons. The number of aliphatic hydroxyl groups excluding tert-OH is 3. The lowest BCUT2D eigenvalue weighted by Crippen LogP contribution is -2.33. The number of rotatable bonds is 5. The van der Waals surface area contributed by atoms with Gasteiger partial charge in [0, 0.05) is 18.1 Å². The van der Waals surface area contributed by atoms with Crippen LogP contribution in [0.4, 0.5) is 5.95 Å². The topological polar surface area (TPSA) is 152 Å². The van der Waals surface area contributed by atoms with Gasteiger partial charge >= 0.3 is 0 Å². The van der Waals surface area contributed by atoms with Gasteiger partial charge in [0.2, 0.25) is 5.95 Å². The molecule has 0 amide bonds. The first-order chi connectivity index (χ1) is 13.1. The molecule has 11 heteroatoms. The number of nitrogens with two attached hydrogens (primary N) is 1. The molecular formula is C16H18N6O4S. The summed E-state index contributed by atoms with van der Waals surface area (Å²) in [5.74, 6) is 0.685. The van der Waals surface area contributed by atoms with Gasteiger partial charge in [-0.05, 0) is 11.6 Å². The summed E-state index contributed by atoms with van der Waals surface area (Å²) in [7, 11) is 0. The van der Waals surface area contributed by atoms with Crippen molar-refractivity contribution in [2.75, 3.05) is 12.3 Å². The summed E-state index contributed by atoms with van der Waals surface area (Å²) in [6.07, 6.45) is 0.657. The molecule has 0 aromatic carbocycles. The van der Waals surface area contributed by atoms with E-state index in [1.165, 1.54) is 22.7 Å². The maximum absolute atomic E-state index is 10.3. The molecule has 4 atom stereocenters. The van der Waals surface area contributed by atoms with Crippen molar-refractivity contribution in [1.29, 1.82) is 0 Å². The van der Waals surface area contributed by atoms with Gasteiger partial charge in [0.15, 0.2) is 11.9 Å². The fraction of sp³-hybridized carbons (Fsp3) is 0.375. The minimum absolute atomic E-state index is 0.0599. The number of pyridine rings is 1. The first kappa shape index (κ1) is 18.1. The number of fused-ring (bicyclic) bond motifs is 1. The van der Waals surface area contributed by atoms with Crippen molar-refractivity contribution in [2.45, 2.75) is 35.3 Å². The molecule has 1 aliphatic heterocycles. The van der Waals surface area contributed by atoms with Crippen molar-refractivity contribution in [3.63, 3.8) is 0 Å². The van der Waals surface area contributed by atoms with Crippen molar-refractivity contribution >= 4 is 28.9 Å². The quantitative estimate of drug-likeness (QED) is 0.337. The number of hydrogen-bond donors (Lipinski definition) is 4. The number of nitrogens with zero attached hydrogens (tertiary/aromatic N) is 5. The van der Waals surface area contributed by atoms with E-state index in [1.807, 2.05) is 12.1 Å². The van der Waals surface area contributed by atoms with Crippen LogP contribution in [0, 0.1) is 0 Å². The van der Waals surface area contributed by atoms with E-state index in [4.69, 9.17) is 10.5 Å². The molecule has 5 N–H and O–H groups in total. The van der Waals surface area contributed by atoms with E-state index < -0.39 is 31.1 Å². The highest BCUT2D eigenvalue weighted by atomic mass is 32.2. The van der Waals surface area contributed by atoms with Gasteiger partial charge in [-0.2, -0.15) is 4.98 Å². The van der Waals surface area contributed by atoms with Crippen LogP contribution in [0.3, 0.4) is 0 Å². The fourth-order valence-corrected chi connectivity index (χ4v) is 3.85. The normalized spacial score (nSPS) is 25.3. The molecule has 0 unspecified atom stereocenters. The van der Waals surface area contributed by atoms with Crippen LogP contribution in [-0.4, -0.2) is 64.7 Å². The average Bonchev–Trinajstić information content (AvgIpc) is 3.22. The summed E-state index contributed by atoms with van der Waals surface area (Å²) < 4.78 is 7.04. The Bertz CT molecular complexity index is 939. The Hall–Kier alpha value is -2.31. The fourth-order valence-electron chi connectivity index (χ4n) is 2.94. The third-order valence-corrected chi connectivity index (χ3v) is 5.33. The molecule has 10 nitrogen and oxygen atoms in total. The van der Waals surface area contributed by atoms with E-state index in [9.17, 15) is 15.3 Å². The largest absolute Gasteiger partial charge is 0.394 e. The van der Waals surface area contributed by atoms with E-state index in [-0.39, 0.29) is 5.95 Å². The number of aromatic nitrogens is 5. The summed E-state index contributed by atoms with van der Waals surface area (Å²) in [5.41, 5.74) is 7.77. The van der Waals surface area contributed by atoms with E-state index in [0.717, 1.165) is 5.56 Å². The third-order valence-electron chi connectivity index (χ3n) is 4.30. The molecule has 4 heterocycles. The van der Waals surface area contributed by atoms with E-state index in [0.29, 0.717) is 21.9 Å². The summed E-state index contributed by atoms with van der Waals surface area (Å²) >= 11 is 1.44. The maximum Gasteiger partial charge on any atom is 0.223 e. The molecule has 0 aliphatic carbocycles. The molecule has 1 saturated heterocycles. The molecule has 3 aromatic rings. The first-order valence-corrected chi connectivity index (χ1v) is 9.21. The summed E-state index contributed by atoms with van der Waals surface area (Å²) in [6.45, 7) is -0.412. The number of ether oxygens (including phenoxy) is 1. The number of thioether (sulfide) groups is 1. The van der Waals surface area contributed by atoms with Gasteiger partial charge in [-0.15, -0.1) is 0 Å². The Balaban J connectivity index is 1.66. The molecule has 1 aliphatic rings. The van der Waals surface area contributed by atoms with Crippen LogP contribution in [0.15, 0.2) is 35.9 Å². The molecular weight excluding hydrogens is 372 g/mol. The molecule has 0 bridgehead atoms. The van der Waals surface area contributed by atoms with Crippen LogP contribution in [0.2, 0.25) is 0 Å². The maximum atomic E-state index is 10.3. The van der Waals surface area contributed by atoms with Crippen LogP contribution in [0.5, 0.6) is 0 Å². The lowest BCUT2D eigenvalue weighted by molar-refractivity contribution is -0.0511. The van der Waals surface area contributed by atoms with Crippen molar-refractivity contribution in [2.24, 2.45) is 0 Å². The zero-order valence-electron chi connectivity index (χ0n) is 14.1. The lowest BCUT2D eigenvalue weighted by Gasteiger charge is -2.16. The van der Waals surface area contributed by atoms with Crippen LogP contribution < -0.4 is 5.73 Å². The van der Waals surface area contributed by atoms with Gasteiger partial charge in [0.05, 0.1) is 12.9 Å². The van der Waals surface area contributed by atoms with Gasteiger partial charge in [0.1, 0.15) is 28.9 Å². The SMILES string of the molecule is Nc1nc(SCc2cccnc2)c2ncn([C@H]3O[C@@H](CO)[C@@H](O)[C@H]3O)c2n1. The number of aliphatic hydroxyl groups is 3. The number of imidazole rings is 1. The Kier molecular flexibility index (Phi) is 4.93. The number of anilines is 1. The number of nitrogen functional groups attached to an aromatic ring is 1. The van der Waals surface area contributed by atoms with Crippen molar-refractivity contribution < 1.29 is 20.1 Å². The van der Waals surface area contributed by atoms with Crippen molar-refractivity contribution in [1.82, 2.24) is 24.5 Å². The Morgan fingerprint density at radius 1 is 1.26 bits per heavy atom. The van der Waals surface area contributed by atoms with Gasteiger partial charge in [0.25, 0.3) is 0 Å². The minimum Gasteiger partial charge on any atom is -0.394 e. The molecule has 1 fully saturated rings. The second-order valence-electron chi connectivity index (χ2n) is 6.09. The Morgan fingerprint density at radius 2 is 2.11 bits per heavy atom. The predicted molar refractivity (Wildman–Crippen MR) is 96.5 cm³/mol. The molecule has 27 heavy (non-hydrogen) atoms. The van der Waals surface area contributed by atoms with Crippen LogP contribution in [-0.2, 0) is 10.5 Å². The van der Waals surface area contributed by atoms with Crippen LogP contribution >= 0.6 is 11.8 Å². The standard InChI is InChI=1S/C16H18N6O4S/c17-16-20-13-10(14(21-16)27-6-8-2-1-3-18-4-8)19-7-22(13)15-12(25)11(24)9(5-23)26-15/h1-4,7,9,11-12,15,23-25H,5-6H2,(H2,17,20,21)/t9-,11+,12+,15-/m0/s1. The van der Waals surface area contributed by atoms with Crippen molar-refractivity contribution in [3.05, 3.63) is 36.4 Å². The molecule has 0 spiro atoms. The van der Waals surface area contributed by atoms with Gasteiger partial charge < -0.3 is 25.8 Å². The third kappa shape index (κ3) is 3.35. The summed E-state index contributed by atoms with van der Waals surface area (Å²) in [4.78, 5) is 16.9. The lowest BCUT2D eigenvalue weighted by atomic mass is 10.1. The molecule has 142 valence electrons. The van der Waals surface area contributed by atoms with Crippen molar-refractivity contribution in [3.8, 4) is 0 Å². The Morgan fingerprint density at radius 3 is 2.81 bits per heavy atom. The predicted octanol–water partition coefficient (Wildman–Crippen LogP) is -0.293. The van der Waals surface area contributed by atoms with Crippen LogP contribution in [0.1, 0.15) is 11.8 Å². The zero-order chi connectivity index (χ0) is 19.0. The van der Waals surface area contributed by atoms with E-state index in [1.54, 1.807) is 12.4 Å². The number of hydrogen-bond acceptors (Lipinski definition) is 10. The second-order valence-corrected chi connectivity index (χ2v) is 7.05. The summed E-state index contributed by atoms with van der Waals surface area (Å²) in [5, 5.41) is 30.1. The summed E-state index contributed by atoms with van der Waals surface area (Å²) in [6, 6.07) is 3.82. The molecule has 0 saturated carbocycles. The van der Waals surface area contributed by atoms with Crippen LogP contribution in [0.25, 0.3) is 11.2 Å². The van der Waals surface area contributed by atoms with Gasteiger partial charge in [-0.25, -0.2) is 9.97 Å². The van der Waals surface area contributed by atoms with E-state index in [2.05, 4.69) is 19.9 Å². The van der Waals surface area contributed by atoms with Gasteiger partial charge in [-0.1, -0.05) is 17.8 Å². The Labute approximate surface area is 158 Å². The molecule has 3 aromatic heterocycles. The highest BCUT2D eigenvalue weighted by Crippen LogP contribution is 2.34. The second kappa shape index (κ2) is 7.37. The monoisotopic (exact) mass is 390 g/mol. The zero-order valence-corrected chi connectivity index (χ0v) is 14.9. The average molecular weight is 390 g/mol. The van der Waals surface area contributed by atoms with E-state index >= 15 is 0 Å². The molecule has 4 rings (SSSR count). The smallest absolute Gasteiger partial charge is 0.223 e.